The molecule has 0 radical (unpaired) electrons. The summed E-state index contributed by atoms with van der Waals surface area (Å²) in [5.74, 6) is 3.67. The Kier molecular flexibility index (Phi) is 10.9. The van der Waals surface area contributed by atoms with Gasteiger partial charge in [0, 0.05) is 0 Å². The Morgan fingerprint density at radius 3 is 1.83 bits per heavy atom. The number of rotatable bonds is 11. The van der Waals surface area contributed by atoms with E-state index in [1.165, 1.54) is 51.4 Å². The minimum Gasteiger partial charge on any atom is -0.0654 e. The van der Waals surface area contributed by atoms with Crippen LogP contribution in [-0.4, -0.2) is 0 Å². The number of hydrogen-bond donors (Lipinski definition) is 0. The highest BCUT2D eigenvalue weighted by Crippen LogP contribution is 2.32. The highest BCUT2D eigenvalue weighted by Gasteiger charge is 2.21. The first kappa shape index (κ1) is 18.0. The van der Waals surface area contributed by atoms with E-state index in [4.69, 9.17) is 0 Å². The smallest absolute Gasteiger partial charge is 0.0386 e. The zero-order valence-corrected chi connectivity index (χ0v) is 14.0. The van der Waals surface area contributed by atoms with E-state index >= 15 is 0 Å². The molecule has 0 spiro atoms. The Bertz CT molecular complexity index is 171. The molecule has 0 saturated carbocycles. The summed E-state index contributed by atoms with van der Waals surface area (Å²) in [6.45, 7) is 14.4. The van der Waals surface area contributed by atoms with Gasteiger partial charge in [0.1, 0.15) is 0 Å². The predicted molar refractivity (Wildman–Crippen MR) is 84.9 cm³/mol. The maximum absolute atomic E-state index is 2.51. The summed E-state index contributed by atoms with van der Waals surface area (Å²) < 4.78 is 0. The van der Waals surface area contributed by atoms with Crippen LogP contribution in [0.1, 0.15) is 92.9 Å². The molecule has 3 unspecified atom stereocenters. The fourth-order valence-corrected chi connectivity index (χ4v) is 3.03. The molecular formula is C18H38. The van der Waals surface area contributed by atoms with Crippen LogP contribution in [0.5, 0.6) is 0 Å². The lowest BCUT2D eigenvalue weighted by Crippen LogP contribution is -2.20. The van der Waals surface area contributed by atoms with Crippen LogP contribution < -0.4 is 0 Å². The quantitative estimate of drug-likeness (QED) is 0.360. The molecule has 0 aromatic heterocycles. The molecule has 0 amide bonds. The van der Waals surface area contributed by atoms with Crippen molar-refractivity contribution in [3.05, 3.63) is 0 Å². The van der Waals surface area contributed by atoms with Gasteiger partial charge in [0.25, 0.3) is 0 Å². The Morgan fingerprint density at radius 2 is 1.33 bits per heavy atom. The van der Waals surface area contributed by atoms with Gasteiger partial charge >= 0.3 is 0 Å². The van der Waals surface area contributed by atoms with E-state index in [1.54, 1.807) is 0 Å². The Hall–Kier alpha value is 0. The molecule has 110 valence electrons. The third kappa shape index (κ3) is 8.16. The van der Waals surface area contributed by atoms with Crippen molar-refractivity contribution in [1.29, 1.82) is 0 Å². The van der Waals surface area contributed by atoms with Gasteiger partial charge in [-0.15, -0.1) is 0 Å². The molecule has 0 heterocycles. The van der Waals surface area contributed by atoms with Crippen molar-refractivity contribution in [3.63, 3.8) is 0 Å². The van der Waals surface area contributed by atoms with Crippen molar-refractivity contribution < 1.29 is 0 Å². The Morgan fingerprint density at radius 1 is 0.667 bits per heavy atom. The van der Waals surface area contributed by atoms with E-state index < -0.39 is 0 Å². The Balaban J connectivity index is 4.12. The van der Waals surface area contributed by atoms with E-state index in [2.05, 4.69) is 41.5 Å². The average Bonchev–Trinajstić information content (AvgIpc) is 2.33. The van der Waals surface area contributed by atoms with E-state index in [-0.39, 0.29) is 0 Å². The van der Waals surface area contributed by atoms with E-state index in [1.807, 2.05) is 0 Å². The van der Waals surface area contributed by atoms with Crippen LogP contribution in [0.3, 0.4) is 0 Å². The molecular weight excluding hydrogens is 216 g/mol. The van der Waals surface area contributed by atoms with Crippen molar-refractivity contribution in [3.8, 4) is 0 Å². The summed E-state index contributed by atoms with van der Waals surface area (Å²) in [7, 11) is 0. The minimum atomic E-state index is 0.868. The molecule has 0 aromatic carbocycles. The normalized spacial score (nSPS) is 16.8. The van der Waals surface area contributed by atoms with Crippen LogP contribution in [0.4, 0.5) is 0 Å². The van der Waals surface area contributed by atoms with Gasteiger partial charge in [-0.25, -0.2) is 0 Å². The summed E-state index contributed by atoms with van der Waals surface area (Å²) >= 11 is 0. The molecule has 0 N–H and O–H groups in total. The van der Waals surface area contributed by atoms with Crippen molar-refractivity contribution in [2.75, 3.05) is 0 Å². The molecule has 3 atom stereocenters. The van der Waals surface area contributed by atoms with Crippen molar-refractivity contribution in [2.24, 2.45) is 23.7 Å². The van der Waals surface area contributed by atoms with E-state index in [0.717, 1.165) is 23.7 Å². The lowest BCUT2D eigenvalue weighted by atomic mass is 9.76. The summed E-state index contributed by atoms with van der Waals surface area (Å²) in [5, 5.41) is 0. The minimum absolute atomic E-state index is 0.868. The predicted octanol–water partition coefficient (Wildman–Crippen LogP) is 6.69. The van der Waals surface area contributed by atoms with Gasteiger partial charge in [0.2, 0.25) is 0 Å². The second-order valence-electron chi connectivity index (χ2n) is 6.85. The molecule has 0 aliphatic rings. The fourth-order valence-electron chi connectivity index (χ4n) is 3.03. The number of unbranched alkanes of at least 4 members (excludes halogenated alkanes) is 2. The van der Waals surface area contributed by atoms with E-state index in [9.17, 15) is 0 Å². The second-order valence-corrected chi connectivity index (χ2v) is 6.85. The molecule has 0 rings (SSSR count). The summed E-state index contributed by atoms with van der Waals surface area (Å²) in [6.07, 6.45) is 11.3. The van der Waals surface area contributed by atoms with Crippen LogP contribution in [-0.2, 0) is 0 Å². The van der Waals surface area contributed by atoms with Crippen molar-refractivity contribution in [2.45, 2.75) is 92.9 Å². The van der Waals surface area contributed by atoms with Crippen LogP contribution >= 0.6 is 0 Å². The van der Waals surface area contributed by atoms with Gasteiger partial charge in [0.05, 0.1) is 0 Å². The molecule has 0 aliphatic heterocycles. The van der Waals surface area contributed by atoms with Crippen LogP contribution in [0.15, 0.2) is 0 Å². The molecule has 0 nitrogen and oxygen atoms in total. The monoisotopic (exact) mass is 254 g/mol. The zero-order valence-electron chi connectivity index (χ0n) is 14.0. The lowest BCUT2D eigenvalue weighted by molar-refractivity contribution is 0.211. The highest BCUT2D eigenvalue weighted by atomic mass is 14.3. The largest absolute Gasteiger partial charge is 0.0654 e. The Labute approximate surface area is 117 Å². The van der Waals surface area contributed by atoms with Gasteiger partial charge in [-0.05, 0) is 30.1 Å². The molecule has 0 aliphatic carbocycles. The summed E-state index contributed by atoms with van der Waals surface area (Å²) in [4.78, 5) is 0. The van der Waals surface area contributed by atoms with Crippen molar-refractivity contribution in [1.82, 2.24) is 0 Å². The molecule has 0 heteroatoms. The average molecular weight is 255 g/mol. The summed E-state index contributed by atoms with van der Waals surface area (Å²) in [6, 6.07) is 0. The van der Waals surface area contributed by atoms with Gasteiger partial charge < -0.3 is 0 Å². The van der Waals surface area contributed by atoms with Gasteiger partial charge in [-0.2, -0.15) is 0 Å². The molecule has 0 saturated heterocycles. The SMILES string of the molecule is CCCCCC(C)C(C)C(CCC)CCC(C)C. The summed E-state index contributed by atoms with van der Waals surface area (Å²) in [5.41, 5.74) is 0. The maximum atomic E-state index is 2.51. The molecule has 0 aromatic rings. The van der Waals surface area contributed by atoms with E-state index in [0.29, 0.717) is 0 Å². The topological polar surface area (TPSA) is 0 Å². The number of hydrogen-bond acceptors (Lipinski definition) is 0. The standard InChI is InChI=1S/C18H38/c1-7-9-10-12-16(5)17(6)18(11-8-2)14-13-15(3)4/h15-18H,7-14H2,1-6H3. The highest BCUT2D eigenvalue weighted by molar-refractivity contribution is 4.72. The van der Waals surface area contributed by atoms with Crippen LogP contribution in [0.2, 0.25) is 0 Å². The molecule has 0 fully saturated rings. The zero-order chi connectivity index (χ0) is 14.0. The maximum Gasteiger partial charge on any atom is -0.0386 e. The van der Waals surface area contributed by atoms with Crippen LogP contribution in [0.25, 0.3) is 0 Å². The fraction of sp³-hybridized carbons (Fsp3) is 1.00. The first-order valence-corrected chi connectivity index (χ1v) is 8.52. The van der Waals surface area contributed by atoms with Gasteiger partial charge in [-0.3, -0.25) is 0 Å². The second kappa shape index (κ2) is 10.9. The van der Waals surface area contributed by atoms with Gasteiger partial charge in [0.15, 0.2) is 0 Å². The first-order chi connectivity index (χ1) is 8.52. The van der Waals surface area contributed by atoms with Gasteiger partial charge in [-0.1, -0.05) is 86.5 Å². The van der Waals surface area contributed by atoms with Crippen molar-refractivity contribution >= 4 is 0 Å². The first-order valence-electron chi connectivity index (χ1n) is 8.52. The van der Waals surface area contributed by atoms with Crippen LogP contribution in [0, 0.1) is 23.7 Å². The molecule has 0 bridgehead atoms. The molecule has 18 heavy (non-hydrogen) atoms. The third-order valence-electron chi connectivity index (χ3n) is 4.68. The third-order valence-corrected chi connectivity index (χ3v) is 4.68. The lowest BCUT2D eigenvalue weighted by Gasteiger charge is -2.29.